The fourth-order valence-electron chi connectivity index (χ4n) is 2.22. The molecule has 2 rings (SSSR count). The molecular formula is C13H17N3O3. The van der Waals surface area contributed by atoms with Crippen LogP contribution in [0.15, 0.2) is 18.2 Å². The van der Waals surface area contributed by atoms with Crippen LogP contribution in [0, 0.1) is 17.0 Å². The Hall–Kier alpha value is -1.95. The summed E-state index contributed by atoms with van der Waals surface area (Å²) >= 11 is 0. The minimum Gasteiger partial charge on any atom is -0.337 e. The van der Waals surface area contributed by atoms with Gasteiger partial charge in [0, 0.05) is 37.3 Å². The molecule has 1 saturated heterocycles. The first-order valence-corrected chi connectivity index (χ1v) is 6.34. The van der Waals surface area contributed by atoms with Crippen LogP contribution in [0.3, 0.4) is 0 Å². The number of carbonyl (C=O) groups excluding carboxylic acids is 1. The Kier molecular flexibility index (Phi) is 4.11. The Bertz CT molecular complexity index is 494. The van der Waals surface area contributed by atoms with Crippen molar-refractivity contribution in [1.82, 2.24) is 10.2 Å². The van der Waals surface area contributed by atoms with Gasteiger partial charge < -0.3 is 10.2 Å². The van der Waals surface area contributed by atoms with Crippen LogP contribution in [0.25, 0.3) is 0 Å². The van der Waals surface area contributed by atoms with E-state index in [0.717, 1.165) is 26.1 Å². The van der Waals surface area contributed by atoms with Crippen molar-refractivity contribution in [3.05, 3.63) is 39.4 Å². The number of nitro benzene ring substituents is 1. The van der Waals surface area contributed by atoms with Crippen LogP contribution >= 0.6 is 0 Å². The zero-order chi connectivity index (χ0) is 13.8. The second kappa shape index (κ2) is 5.79. The quantitative estimate of drug-likeness (QED) is 0.645. The molecule has 0 unspecified atom stereocenters. The smallest absolute Gasteiger partial charge is 0.269 e. The van der Waals surface area contributed by atoms with E-state index in [1.807, 2.05) is 0 Å². The lowest BCUT2D eigenvalue weighted by atomic mass is 10.1. The van der Waals surface area contributed by atoms with Gasteiger partial charge in [-0.2, -0.15) is 0 Å². The van der Waals surface area contributed by atoms with E-state index in [4.69, 9.17) is 0 Å². The third-order valence-electron chi connectivity index (χ3n) is 3.28. The number of nitro groups is 1. The zero-order valence-corrected chi connectivity index (χ0v) is 10.9. The fourth-order valence-corrected chi connectivity index (χ4v) is 2.22. The lowest BCUT2D eigenvalue weighted by molar-refractivity contribution is -0.384. The molecule has 1 aliphatic rings. The molecule has 19 heavy (non-hydrogen) atoms. The largest absolute Gasteiger partial charge is 0.337 e. The molecule has 0 atom stereocenters. The van der Waals surface area contributed by atoms with Crippen LogP contribution in [0.2, 0.25) is 0 Å². The Morgan fingerprint density at radius 3 is 2.84 bits per heavy atom. The SMILES string of the molecule is Cc1cc([N+](=O)[O-])ccc1C(=O)N1CCCNCC1. The van der Waals surface area contributed by atoms with Crippen molar-refractivity contribution in [3.63, 3.8) is 0 Å². The Balaban J connectivity index is 2.20. The van der Waals surface area contributed by atoms with E-state index in [9.17, 15) is 14.9 Å². The number of benzene rings is 1. The molecule has 1 fully saturated rings. The predicted octanol–water partition coefficient (Wildman–Crippen LogP) is 1.34. The summed E-state index contributed by atoms with van der Waals surface area (Å²) in [6.07, 6.45) is 0.928. The van der Waals surface area contributed by atoms with Crippen LogP contribution in [0.4, 0.5) is 5.69 Å². The molecular weight excluding hydrogens is 246 g/mol. The molecule has 1 aromatic carbocycles. The van der Waals surface area contributed by atoms with Crippen LogP contribution in [-0.4, -0.2) is 41.9 Å². The van der Waals surface area contributed by atoms with Gasteiger partial charge in [-0.05, 0) is 31.5 Å². The number of carbonyl (C=O) groups is 1. The molecule has 6 heteroatoms. The van der Waals surface area contributed by atoms with Gasteiger partial charge >= 0.3 is 0 Å². The van der Waals surface area contributed by atoms with Crippen molar-refractivity contribution in [2.75, 3.05) is 26.2 Å². The predicted molar refractivity (Wildman–Crippen MR) is 71.2 cm³/mol. The molecule has 0 aliphatic carbocycles. The molecule has 1 amide bonds. The number of nitrogens with zero attached hydrogens (tertiary/aromatic N) is 2. The number of amides is 1. The summed E-state index contributed by atoms with van der Waals surface area (Å²) < 4.78 is 0. The number of hydrogen-bond acceptors (Lipinski definition) is 4. The van der Waals surface area contributed by atoms with Gasteiger partial charge in [-0.3, -0.25) is 14.9 Å². The molecule has 0 bridgehead atoms. The molecule has 6 nitrogen and oxygen atoms in total. The number of hydrogen-bond donors (Lipinski definition) is 1. The number of aryl methyl sites for hydroxylation is 1. The highest BCUT2D eigenvalue weighted by Gasteiger charge is 2.20. The Labute approximate surface area is 111 Å². The van der Waals surface area contributed by atoms with Gasteiger partial charge in [-0.25, -0.2) is 0 Å². The topological polar surface area (TPSA) is 75.5 Å². The molecule has 102 valence electrons. The first-order valence-electron chi connectivity index (χ1n) is 6.34. The van der Waals surface area contributed by atoms with Crippen molar-refractivity contribution >= 4 is 11.6 Å². The summed E-state index contributed by atoms with van der Waals surface area (Å²) in [7, 11) is 0. The van der Waals surface area contributed by atoms with Gasteiger partial charge in [0.15, 0.2) is 0 Å². The van der Waals surface area contributed by atoms with Gasteiger partial charge in [-0.15, -0.1) is 0 Å². The molecule has 0 aromatic heterocycles. The molecule has 0 spiro atoms. The van der Waals surface area contributed by atoms with E-state index in [2.05, 4.69) is 5.32 Å². The monoisotopic (exact) mass is 263 g/mol. The van der Waals surface area contributed by atoms with Crippen LogP contribution in [0.1, 0.15) is 22.3 Å². The summed E-state index contributed by atoms with van der Waals surface area (Å²) in [5, 5.41) is 13.9. The second-order valence-electron chi connectivity index (χ2n) is 4.65. The highest BCUT2D eigenvalue weighted by molar-refractivity contribution is 5.96. The van der Waals surface area contributed by atoms with E-state index in [1.165, 1.54) is 12.1 Å². The third-order valence-corrected chi connectivity index (χ3v) is 3.28. The summed E-state index contributed by atoms with van der Waals surface area (Å²) in [5.74, 6) is -0.0453. The molecule has 0 saturated carbocycles. The summed E-state index contributed by atoms with van der Waals surface area (Å²) in [4.78, 5) is 24.4. The minimum absolute atomic E-state index is 0.0200. The maximum atomic E-state index is 12.4. The van der Waals surface area contributed by atoms with Crippen LogP contribution in [0.5, 0.6) is 0 Å². The van der Waals surface area contributed by atoms with Crippen molar-refractivity contribution in [1.29, 1.82) is 0 Å². The molecule has 1 N–H and O–H groups in total. The standard InChI is InChI=1S/C13H17N3O3/c1-10-9-11(16(18)19)3-4-12(10)13(17)15-7-2-5-14-6-8-15/h3-4,9,14H,2,5-8H2,1H3. The normalized spacial score (nSPS) is 15.9. The Morgan fingerprint density at radius 2 is 2.16 bits per heavy atom. The number of rotatable bonds is 2. The van der Waals surface area contributed by atoms with Gasteiger partial charge in [0.05, 0.1) is 4.92 Å². The van der Waals surface area contributed by atoms with E-state index in [-0.39, 0.29) is 11.6 Å². The van der Waals surface area contributed by atoms with Crippen molar-refractivity contribution in [2.24, 2.45) is 0 Å². The average Bonchev–Trinajstić information content (AvgIpc) is 2.66. The van der Waals surface area contributed by atoms with Crippen LogP contribution < -0.4 is 5.32 Å². The minimum atomic E-state index is -0.447. The lowest BCUT2D eigenvalue weighted by Gasteiger charge is -2.20. The number of nitrogens with one attached hydrogen (secondary N) is 1. The number of non-ortho nitro benzene ring substituents is 1. The highest BCUT2D eigenvalue weighted by atomic mass is 16.6. The zero-order valence-electron chi connectivity index (χ0n) is 10.9. The van der Waals surface area contributed by atoms with E-state index in [0.29, 0.717) is 17.7 Å². The van der Waals surface area contributed by atoms with Crippen molar-refractivity contribution < 1.29 is 9.72 Å². The molecule has 1 aromatic rings. The second-order valence-corrected chi connectivity index (χ2v) is 4.65. The molecule has 1 aliphatic heterocycles. The van der Waals surface area contributed by atoms with Gasteiger partial charge in [-0.1, -0.05) is 0 Å². The maximum Gasteiger partial charge on any atom is 0.269 e. The summed E-state index contributed by atoms with van der Waals surface area (Å²) in [6.45, 7) is 4.84. The van der Waals surface area contributed by atoms with Gasteiger partial charge in [0.25, 0.3) is 11.6 Å². The average molecular weight is 263 g/mol. The van der Waals surface area contributed by atoms with Crippen LogP contribution in [-0.2, 0) is 0 Å². The first kappa shape index (κ1) is 13.5. The molecule has 1 heterocycles. The summed E-state index contributed by atoms with van der Waals surface area (Å²) in [6, 6.07) is 4.38. The lowest BCUT2D eigenvalue weighted by Crippen LogP contribution is -2.34. The van der Waals surface area contributed by atoms with Gasteiger partial charge in [0.1, 0.15) is 0 Å². The van der Waals surface area contributed by atoms with Crippen molar-refractivity contribution in [2.45, 2.75) is 13.3 Å². The molecule has 0 radical (unpaired) electrons. The Morgan fingerprint density at radius 1 is 1.37 bits per heavy atom. The van der Waals surface area contributed by atoms with E-state index in [1.54, 1.807) is 17.9 Å². The maximum absolute atomic E-state index is 12.4. The first-order chi connectivity index (χ1) is 9.09. The third kappa shape index (κ3) is 3.08. The van der Waals surface area contributed by atoms with E-state index >= 15 is 0 Å². The van der Waals surface area contributed by atoms with Gasteiger partial charge in [0.2, 0.25) is 0 Å². The van der Waals surface area contributed by atoms with E-state index < -0.39 is 4.92 Å². The fraction of sp³-hybridized carbons (Fsp3) is 0.462. The highest BCUT2D eigenvalue weighted by Crippen LogP contribution is 2.18. The summed E-state index contributed by atoms with van der Waals surface area (Å²) in [5.41, 5.74) is 1.22. The van der Waals surface area contributed by atoms with Crippen molar-refractivity contribution in [3.8, 4) is 0 Å².